The summed E-state index contributed by atoms with van der Waals surface area (Å²) in [7, 11) is 1.70. The summed E-state index contributed by atoms with van der Waals surface area (Å²) in [6, 6.07) is 18.7. The molecule has 0 aliphatic heterocycles. The Morgan fingerprint density at radius 3 is 2.68 bits per heavy atom. The first-order valence-electron chi connectivity index (χ1n) is 6.40. The molecular formula is C16H19NOS. The van der Waals surface area contributed by atoms with E-state index in [1.165, 1.54) is 10.5 Å². The molecule has 0 atom stereocenters. The fourth-order valence-corrected chi connectivity index (χ4v) is 2.62. The number of ether oxygens (including phenoxy) is 1. The molecule has 2 nitrogen and oxygen atoms in total. The highest BCUT2D eigenvalue weighted by atomic mass is 32.2. The summed E-state index contributed by atoms with van der Waals surface area (Å²) >= 11 is 1.84. The van der Waals surface area contributed by atoms with Crippen LogP contribution in [-0.4, -0.2) is 19.4 Å². The van der Waals surface area contributed by atoms with Gasteiger partial charge in [-0.3, -0.25) is 0 Å². The van der Waals surface area contributed by atoms with Gasteiger partial charge < -0.3 is 10.1 Å². The van der Waals surface area contributed by atoms with Crippen LogP contribution in [0.3, 0.4) is 0 Å². The van der Waals surface area contributed by atoms with E-state index in [0.717, 1.165) is 24.6 Å². The van der Waals surface area contributed by atoms with E-state index < -0.39 is 0 Å². The highest BCUT2D eigenvalue weighted by Crippen LogP contribution is 2.22. The molecule has 0 saturated carbocycles. The second kappa shape index (κ2) is 7.87. The van der Waals surface area contributed by atoms with Crippen molar-refractivity contribution in [1.29, 1.82) is 0 Å². The van der Waals surface area contributed by atoms with Crippen molar-refractivity contribution in [2.45, 2.75) is 11.4 Å². The van der Waals surface area contributed by atoms with Gasteiger partial charge in [0.15, 0.2) is 0 Å². The highest BCUT2D eigenvalue weighted by molar-refractivity contribution is 7.99. The molecule has 0 heterocycles. The fraction of sp³-hybridized carbons (Fsp3) is 0.250. The van der Waals surface area contributed by atoms with Gasteiger partial charge in [-0.2, -0.15) is 0 Å². The van der Waals surface area contributed by atoms with Crippen LogP contribution < -0.4 is 10.1 Å². The summed E-state index contributed by atoms with van der Waals surface area (Å²) in [5.41, 5.74) is 1.33. The molecule has 0 amide bonds. The monoisotopic (exact) mass is 273 g/mol. The molecule has 0 unspecified atom stereocenters. The van der Waals surface area contributed by atoms with E-state index in [0.29, 0.717) is 0 Å². The van der Waals surface area contributed by atoms with Crippen molar-refractivity contribution in [2.24, 2.45) is 0 Å². The van der Waals surface area contributed by atoms with Gasteiger partial charge in [0.1, 0.15) is 5.75 Å². The van der Waals surface area contributed by atoms with Crippen molar-refractivity contribution in [3.05, 3.63) is 60.2 Å². The number of benzene rings is 2. The van der Waals surface area contributed by atoms with E-state index in [9.17, 15) is 0 Å². The quantitative estimate of drug-likeness (QED) is 0.615. The molecular weight excluding hydrogens is 254 g/mol. The number of thioether (sulfide) groups is 1. The molecule has 0 bridgehead atoms. The van der Waals surface area contributed by atoms with Gasteiger partial charge in [-0.05, 0) is 23.8 Å². The summed E-state index contributed by atoms with van der Waals surface area (Å²) in [5.74, 6) is 1.97. The van der Waals surface area contributed by atoms with Crippen molar-refractivity contribution >= 4 is 11.8 Å². The van der Waals surface area contributed by atoms with E-state index in [1.807, 2.05) is 30.0 Å². The fourth-order valence-electron chi connectivity index (χ4n) is 1.76. The van der Waals surface area contributed by atoms with E-state index in [1.54, 1.807) is 7.11 Å². The second-order valence-corrected chi connectivity index (χ2v) is 5.36. The number of methoxy groups -OCH3 is 1. The van der Waals surface area contributed by atoms with Crippen LogP contribution in [0.15, 0.2) is 59.5 Å². The molecule has 0 saturated heterocycles. The minimum absolute atomic E-state index is 0.919. The Kier molecular flexibility index (Phi) is 5.79. The van der Waals surface area contributed by atoms with Gasteiger partial charge in [-0.15, -0.1) is 11.8 Å². The van der Waals surface area contributed by atoms with Gasteiger partial charge in [0, 0.05) is 23.7 Å². The summed E-state index contributed by atoms with van der Waals surface area (Å²) in [5, 5.41) is 3.45. The topological polar surface area (TPSA) is 21.3 Å². The van der Waals surface area contributed by atoms with E-state index in [4.69, 9.17) is 4.74 Å². The SMILES string of the molecule is COc1cccc(SCCNCc2ccccc2)c1. The number of rotatable bonds is 7. The van der Waals surface area contributed by atoms with Crippen LogP contribution in [-0.2, 0) is 6.54 Å². The second-order valence-electron chi connectivity index (χ2n) is 4.19. The predicted octanol–water partition coefficient (Wildman–Crippen LogP) is 3.58. The minimum atomic E-state index is 0.919. The van der Waals surface area contributed by atoms with Crippen molar-refractivity contribution in [3.8, 4) is 5.75 Å². The zero-order valence-electron chi connectivity index (χ0n) is 11.1. The van der Waals surface area contributed by atoms with Crippen molar-refractivity contribution < 1.29 is 4.74 Å². The smallest absolute Gasteiger partial charge is 0.119 e. The lowest BCUT2D eigenvalue weighted by Gasteiger charge is -2.06. The maximum absolute atomic E-state index is 5.21. The number of hydrogen-bond donors (Lipinski definition) is 1. The Bertz CT molecular complexity index is 487. The molecule has 3 heteroatoms. The Labute approximate surface area is 119 Å². The number of nitrogens with one attached hydrogen (secondary N) is 1. The molecule has 0 aliphatic rings. The van der Waals surface area contributed by atoms with Gasteiger partial charge in [0.25, 0.3) is 0 Å². The minimum Gasteiger partial charge on any atom is -0.497 e. The highest BCUT2D eigenvalue weighted by Gasteiger charge is 1.97. The predicted molar refractivity (Wildman–Crippen MR) is 81.9 cm³/mol. The zero-order valence-corrected chi connectivity index (χ0v) is 12.0. The third-order valence-corrected chi connectivity index (χ3v) is 3.76. The van der Waals surface area contributed by atoms with Crippen molar-refractivity contribution in [3.63, 3.8) is 0 Å². The third kappa shape index (κ3) is 4.97. The molecule has 0 spiro atoms. The molecule has 0 aromatic heterocycles. The van der Waals surface area contributed by atoms with Crippen LogP contribution in [0.1, 0.15) is 5.56 Å². The molecule has 0 aliphatic carbocycles. The summed E-state index contributed by atoms with van der Waals surface area (Å²) in [6.07, 6.45) is 0. The van der Waals surface area contributed by atoms with E-state index in [2.05, 4.69) is 41.7 Å². The number of hydrogen-bond acceptors (Lipinski definition) is 3. The van der Waals surface area contributed by atoms with Crippen molar-refractivity contribution in [2.75, 3.05) is 19.4 Å². The Morgan fingerprint density at radius 2 is 1.89 bits per heavy atom. The van der Waals surface area contributed by atoms with Crippen LogP contribution in [0.2, 0.25) is 0 Å². The van der Waals surface area contributed by atoms with Gasteiger partial charge in [0.2, 0.25) is 0 Å². The van der Waals surface area contributed by atoms with Crippen LogP contribution in [0.5, 0.6) is 5.75 Å². The molecule has 1 N–H and O–H groups in total. The molecule has 19 heavy (non-hydrogen) atoms. The van der Waals surface area contributed by atoms with Crippen LogP contribution in [0.25, 0.3) is 0 Å². The zero-order chi connectivity index (χ0) is 13.3. The maximum atomic E-state index is 5.21. The Balaban J connectivity index is 1.66. The van der Waals surface area contributed by atoms with E-state index >= 15 is 0 Å². The van der Waals surface area contributed by atoms with Crippen molar-refractivity contribution in [1.82, 2.24) is 5.32 Å². The molecule has 2 aromatic rings. The molecule has 2 aromatic carbocycles. The molecule has 0 radical (unpaired) electrons. The van der Waals surface area contributed by atoms with Crippen LogP contribution >= 0.6 is 11.8 Å². The van der Waals surface area contributed by atoms with Gasteiger partial charge in [-0.25, -0.2) is 0 Å². The molecule has 0 fully saturated rings. The van der Waals surface area contributed by atoms with Gasteiger partial charge in [-0.1, -0.05) is 36.4 Å². The van der Waals surface area contributed by atoms with E-state index in [-0.39, 0.29) is 0 Å². The first-order valence-corrected chi connectivity index (χ1v) is 7.38. The normalized spacial score (nSPS) is 10.4. The lowest BCUT2D eigenvalue weighted by atomic mass is 10.2. The average molecular weight is 273 g/mol. The largest absolute Gasteiger partial charge is 0.497 e. The molecule has 100 valence electrons. The summed E-state index contributed by atoms with van der Waals surface area (Å²) < 4.78 is 5.21. The Morgan fingerprint density at radius 1 is 1.05 bits per heavy atom. The van der Waals surface area contributed by atoms with Crippen LogP contribution in [0.4, 0.5) is 0 Å². The van der Waals surface area contributed by atoms with Gasteiger partial charge in [0.05, 0.1) is 7.11 Å². The first-order chi connectivity index (χ1) is 9.38. The Hall–Kier alpha value is -1.45. The van der Waals surface area contributed by atoms with Crippen LogP contribution in [0, 0.1) is 0 Å². The standard InChI is InChI=1S/C16H19NOS/c1-18-15-8-5-9-16(12-15)19-11-10-17-13-14-6-3-2-4-7-14/h2-9,12,17H,10-11,13H2,1H3. The lowest BCUT2D eigenvalue weighted by Crippen LogP contribution is -2.16. The lowest BCUT2D eigenvalue weighted by molar-refractivity contribution is 0.413. The third-order valence-electron chi connectivity index (χ3n) is 2.76. The summed E-state index contributed by atoms with van der Waals surface area (Å²) in [6.45, 7) is 1.93. The summed E-state index contributed by atoms with van der Waals surface area (Å²) in [4.78, 5) is 1.25. The van der Waals surface area contributed by atoms with Gasteiger partial charge >= 0.3 is 0 Å². The average Bonchev–Trinajstić information content (AvgIpc) is 2.48. The molecule has 2 rings (SSSR count). The maximum Gasteiger partial charge on any atom is 0.119 e. The first kappa shape index (κ1) is 14.0.